The van der Waals surface area contributed by atoms with Crippen LogP contribution in [0.3, 0.4) is 0 Å². The van der Waals surface area contributed by atoms with Crippen LogP contribution in [0.25, 0.3) is 0 Å². The number of halogens is 1. The summed E-state index contributed by atoms with van der Waals surface area (Å²) in [5.74, 6) is 1.41. The van der Waals surface area contributed by atoms with Gasteiger partial charge in [-0.25, -0.2) is 0 Å². The Morgan fingerprint density at radius 2 is 2.26 bits per heavy atom. The number of carbonyl (C=O) groups excluding carboxylic acids is 1. The van der Waals surface area contributed by atoms with Gasteiger partial charge in [-0.05, 0) is 50.1 Å². The van der Waals surface area contributed by atoms with Crippen LogP contribution in [-0.4, -0.2) is 35.3 Å². The van der Waals surface area contributed by atoms with Crippen molar-refractivity contribution in [2.24, 2.45) is 11.8 Å². The molecule has 130 valence electrons. The van der Waals surface area contributed by atoms with E-state index in [0.29, 0.717) is 17.7 Å². The Hall–Kier alpha value is -1.07. The molecule has 1 amide bonds. The molecule has 6 heteroatoms. The van der Waals surface area contributed by atoms with Gasteiger partial charge in [-0.3, -0.25) is 9.48 Å². The Morgan fingerprint density at radius 3 is 3.00 bits per heavy atom. The van der Waals surface area contributed by atoms with Crippen molar-refractivity contribution in [3.63, 3.8) is 0 Å². The summed E-state index contributed by atoms with van der Waals surface area (Å²) < 4.78 is 1.95. The van der Waals surface area contributed by atoms with Crippen molar-refractivity contribution in [2.75, 3.05) is 19.6 Å². The van der Waals surface area contributed by atoms with Crippen molar-refractivity contribution in [1.82, 2.24) is 20.4 Å². The Morgan fingerprint density at radius 1 is 1.39 bits per heavy atom. The smallest absolute Gasteiger partial charge is 0.271 e. The molecule has 0 spiro atoms. The molecule has 3 unspecified atom stereocenters. The molecule has 1 aromatic rings. The monoisotopic (exact) mass is 340 g/mol. The zero-order valence-corrected chi connectivity index (χ0v) is 14.8. The van der Waals surface area contributed by atoms with E-state index in [1.54, 1.807) is 0 Å². The first-order chi connectivity index (χ1) is 10.7. The first-order valence-corrected chi connectivity index (χ1v) is 8.76. The lowest BCUT2D eigenvalue weighted by molar-refractivity contribution is 0.0934. The summed E-state index contributed by atoms with van der Waals surface area (Å²) in [6.45, 7) is 5.14. The SMILES string of the molecule is CC1CCCC(CNC(=O)c2ccn(C3CCCNC3)n2)C1.Cl. The van der Waals surface area contributed by atoms with E-state index >= 15 is 0 Å². The molecule has 1 saturated carbocycles. The quantitative estimate of drug-likeness (QED) is 0.886. The van der Waals surface area contributed by atoms with E-state index in [4.69, 9.17) is 0 Å². The third-order valence-corrected chi connectivity index (χ3v) is 5.08. The number of rotatable bonds is 4. The van der Waals surface area contributed by atoms with Crippen molar-refractivity contribution < 1.29 is 4.79 Å². The first kappa shape index (κ1) is 18.3. The molecule has 1 aliphatic carbocycles. The highest BCUT2D eigenvalue weighted by Gasteiger charge is 2.21. The molecule has 2 fully saturated rings. The van der Waals surface area contributed by atoms with E-state index in [1.807, 2.05) is 16.9 Å². The van der Waals surface area contributed by atoms with E-state index in [-0.39, 0.29) is 18.3 Å². The lowest BCUT2D eigenvalue weighted by Crippen LogP contribution is -2.33. The van der Waals surface area contributed by atoms with Gasteiger partial charge in [0.05, 0.1) is 6.04 Å². The van der Waals surface area contributed by atoms with Crippen molar-refractivity contribution in [3.8, 4) is 0 Å². The Bertz CT molecular complexity index is 499. The van der Waals surface area contributed by atoms with Gasteiger partial charge in [0.15, 0.2) is 0 Å². The molecule has 2 N–H and O–H groups in total. The molecular formula is C17H29ClN4O. The van der Waals surface area contributed by atoms with Crippen LogP contribution in [0.2, 0.25) is 0 Å². The van der Waals surface area contributed by atoms with Gasteiger partial charge in [-0.1, -0.05) is 19.8 Å². The zero-order chi connectivity index (χ0) is 15.4. The predicted molar refractivity (Wildman–Crippen MR) is 94.1 cm³/mol. The highest BCUT2D eigenvalue weighted by atomic mass is 35.5. The fourth-order valence-electron chi connectivity index (χ4n) is 3.79. The summed E-state index contributed by atoms with van der Waals surface area (Å²) in [4.78, 5) is 12.3. The Kier molecular flexibility index (Phi) is 6.90. The molecule has 3 atom stereocenters. The zero-order valence-electron chi connectivity index (χ0n) is 14.0. The second-order valence-corrected chi connectivity index (χ2v) is 7.03. The fraction of sp³-hybridized carbons (Fsp3) is 0.765. The van der Waals surface area contributed by atoms with E-state index in [1.165, 1.54) is 32.1 Å². The van der Waals surface area contributed by atoms with Crippen molar-refractivity contribution in [2.45, 2.75) is 51.5 Å². The second-order valence-electron chi connectivity index (χ2n) is 7.03. The molecule has 1 aliphatic heterocycles. The molecule has 3 rings (SSSR count). The van der Waals surface area contributed by atoms with Crippen LogP contribution in [0.4, 0.5) is 0 Å². The van der Waals surface area contributed by atoms with E-state index in [0.717, 1.165) is 32.0 Å². The summed E-state index contributed by atoms with van der Waals surface area (Å²) >= 11 is 0. The maximum Gasteiger partial charge on any atom is 0.271 e. The van der Waals surface area contributed by atoms with Gasteiger partial charge in [0.2, 0.25) is 0 Å². The van der Waals surface area contributed by atoms with Gasteiger partial charge in [0.1, 0.15) is 5.69 Å². The van der Waals surface area contributed by atoms with Crippen LogP contribution < -0.4 is 10.6 Å². The topological polar surface area (TPSA) is 59.0 Å². The summed E-state index contributed by atoms with van der Waals surface area (Å²) in [6, 6.07) is 2.22. The number of hydrogen-bond donors (Lipinski definition) is 2. The maximum atomic E-state index is 12.3. The summed E-state index contributed by atoms with van der Waals surface area (Å²) in [7, 11) is 0. The van der Waals surface area contributed by atoms with Gasteiger partial charge in [0.25, 0.3) is 5.91 Å². The Labute approximate surface area is 145 Å². The van der Waals surface area contributed by atoms with Gasteiger partial charge < -0.3 is 10.6 Å². The van der Waals surface area contributed by atoms with Crippen LogP contribution in [0, 0.1) is 11.8 Å². The number of amides is 1. The molecule has 1 saturated heterocycles. The third kappa shape index (κ3) is 4.95. The molecular weight excluding hydrogens is 312 g/mol. The first-order valence-electron chi connectivity index (χ1n) is 8.76. The van der Waals surface area contributed by atoms with Gasteiger partial charge in [0, 0.05) is 19.3 Å². The van der Waals surface area contributed by atoms with Crippen LogP contribution in [0.15, 0.2) is 12.3 Å². The summed E-state index contributed by atoms with van der Waals surface area (Å²) in [5, 5.41) is 10.9. The van der Waals surface area contributed by atoms with E-state index < -0.39 is 0 Å². The predicted octanol–water partition coefficient (Wildman–Crippen LogP) is 2.79. The maximum absolute atomic E-state index is 12.3. The van der Waals surface area contributed by atoms with Gasteiger partial charge in [-0.15, -0.1) is 12.4 Å². The largest absolute Gasteiger partial charge is 0.350 e. The highest BCUT2D eigenvalue weighted by Crippen LogP contribution is 2.27. The van der Waals surface area contributed by atoms with Crippen molar-refractivity contribution in [3.05, 3.63) is 18.0 Å². The van der Waals surface area contributed by atoms with Crippen molar-refractivity contribution >= 4 is 18.3 Å². The number of nitrogens with zero attached hydrogens (tertiary/aromatic N) is 2. The number of piperidine rings is 1. The van der Waals surface area contributed by atoms with Crippen LogP contribution in [0.5, 0.6) is 0 Å². The average Bonchev–Trinajstić information content (AvgIpc) is 3.04. The lowest BCUT2D eigenvalue weighted by Gasteiger charge is -2.26. The molecule has 2 heterocycles. The molecule has 0 aromatic carbocycles. The van der Waals surface area contributed by atoms with Crippen LogP contribution in [-0.2, 0) is 0 Å². The third-order valence-electron chi connectivity index (χ3n) is 5.08. The van der Waals surface area contributed by atoms with Gasteiger partial charge in [-0.2, -0.15) is 5.10 Å². The molecule has 23 heavy (non-hydrogen) atoms. The molecule has 0 bridgehead atoms. The standard InChI is InChI=1S/C17H28N4O.ClH/c1-13-4-2-5-14(10-13)11-19-17(22)16-7-9-21(20-16)15-6-3-8-18-12-15;/h7,9,13-15,18H,2-6,8,10-12H2,1H3,(H,19,22);1H. The number of hydrogen-bond acceptors (Lipinski definition) is 3. The summed E-state index contributed by atoms with van der Waals surface area (Å²) in [6.07, 6.45) is 9.36. The Balaban J connectivity index is 0.00000192. The van der Waals surface area contributed by atoms with Crippen LogP contribution in [0.1, 0.15) is 62.0 Å². The van der Waals surface area contributed by atoms with Crippen LogP contribution >= 0.6 is 12.4 Å². The molecule has 1 aromatic heterocycles. The average molecular weight is 341 g/mol. The van der Waals surface area contributed by atoms with E-state index in [9.17, 15) is 4.79 Å². The minimum Gasteiger partial charge on any atom is -0.350 e. The fourth-order valence-corrected chi connectivity index (χ4v) is 3.79. The normalized spacial score (nSPS) is 28.0. The lowest BCUT2D eigenvalue weighted by atomic mass is 9.82. The van der Waals surface area contributed by atoms with Crippen molar-refractivity contribution in [1.29, 1.82) is 0 Å². The number of aromatic nitrogens is 2. The minimum absolute atomic E-state index is 0. The highest BCUT2D eigenvalue weighted by molar-refractivity contribution is 5.92. The molecule has 2 aliphatic rings. The minimum atomic E-state index is -0.0271. The molecule has 5 nitrogen and oxygen atoms in total. The molecule has 0 radical (unpaired) electrons. The number of nitrogens with one attached hydrogen (secondary N) is 2. The van der Waals surface area contributed by atoms with Gasteiger partial charge >= 0.3 is 0 Å². The second kappa shape index (κ2) is 8.69. The summed E-state index contributed by atoms with van der Waals surface area (Å²) in [5.41, 5.74) is 0.550. The van der Waals surface area contributed by atoms with E-state index in [2.05, 4.69) is 22.7 Å². The number of carbonyl (C=O) groups is 1.